The van der Waals surface area contributed by atoms with Crippen LogP contribution in [0, 0.1) is 6.92 Å². The van der Waals surface area contributed by atoms with Crippen molar-refractivity contribution in [2.45, 2.75) is 6.92 Å². The van der Waals surface area contributed by atoms with E-state index in [1.54, 1.807) is 0 Å². The first-order valence-electron chi connectivity index (χ1n) is 5.80. The van der Waals surface area contributed by atoms with Gasteiger partial charge < -0.3 is 5.73 Å². The SMILES string of the molecule is Cc1ccc(C(=Cc2ccccc2)C(N)=O)cc1. The highest BCUT2D eigenvalue weighted by Crippen LogP contribution is 2.18. The van der Waals surface area contributed by atoms with E-state index in [1.165, 1.54) is 0 Å². The van der Waals surface area contributed by atoms with Gasteiger partial charge in [-0.05, 0) is 24.1 Å². The Morgan fingerprint density at radius 2 is 1.61 bits per heavy atom. The summed E-state index contributed by atoms with van der Waals surface area (Å²) in [4.78, 5) is 11.5. The molecule has 0 aliphatic carbocycles. The predicted molar refractivity (Wildman–Crippen MR) is 74.7 cm³/mol. The number of benzene rings is 2. The molecule has 0 bridgehead atoms. The summed E-state index contributed by atoms with van der Waals surface area (Å²) in [5.74, 6) is -0.414. The van der Waals surface area contributed by atoms with Crippen LogP contribution in [0.15, 0.2) is 54.6 Å². The summed E-state index contributed by atoms with van der Waals surface area (Å²) in [6.45, 7) is 2.01. The molecule has 0 heterocycles. The largest absolute Gasteiger partial charge is 0.366 e. The van der Waals surface area contributed by atoms with Crippen molar-refractivity contribution in [1.29, 1.82) is 0 Å². The first kappa shape index (κ1) is 12.1. The minimum absolute atomic E-state index is 0.414. The summed E-state index contributed by atoms with van der Waals surface area (Å²) in [7, 11) is 0. The molecule has 2 aromatic carbocycles. The lowest BCUT2D eigenvalue weighted by Crippen LogP contribution is -2.12. The van der Waals surface area contributed by atoms with Gasteiger partial charge in [0.2, 0.25) is 5.91 Å². The molecule has 2 N–H and O–H groups in total. The van der Waals surface area contributed by atoms with Crippen molar-refractivity contribution in [3.8, 4) is 0 Å². The maximum atomic E-state index is 11.5. The van der Waals surface area contributed by atoms with Crippen molar-refractivity contribution < 1.29 is 4.79 Å². The number of nitrogens with two attached hydrogens (primary N) is 1. The second kappa shape index (κ2) is 5.32. The van der Waals surface area contributed by atoms with Gasteiger partial charge in [-0.3, -0.25) is 4.79 Å². The number of aryl methyl sites for hydroxylation is 1. The number of hydrogen-bond donors (Lipinski definition) is 1. The van der Waals surface area contributed by atoms with Gasteiger partial charge >= 0.3 is 0 Å². The molecule has 0 saturated heterocycles. The van der Waals surface area contributed by atoms with Crippen molar-refractivity contribution in [1.82, 2.24) is 0 Å². The zero-order valence-corrected chi connectivity index (χ0v) is 10.3. The van der Waals surface area contributed by atoms with Gasteiger partial charge in [0.15, 0.2) is 0 Å². The minimum Gasteiger partial charge on any atom is -0.366 e. The quantitative estimate of drug-likeness (QED) is 0.647. The van der Waals surface area contributed by atoms with Crippen molar-refractivity contribution in [3.05, 3.63) is 71.3 Å². The van der Waals surface area contributed by atoms with Gasteiger partial charge in [0.25, 0.3) is 0 Å². The normalized spacial score (nSPS) is 11.3. The fourth-order valence-corrected chi connectivity index (χ4v) is 1.75. The van der Waals surface area contributed by atoms with Crippen molar-refractivity contribution in [2.24, 2.45) is 5.73 Å². The molecule has 0 aromatic heterocycles. The molecule has 0 spiro atoms. The summed E-state index contributed by atoms with van der Waals surface area (Å²) >= 11 is 0. The number of primary amides is 1. The molecule has 0 unspecified atom stereocenters. The van der Waals surface area contributed by atoms with Crippen LogP contribution in [0.5, 0.6) is 0 Å². The highest BCUT2D eigenvalue weighted by Gasteiger charge is 2.07. The molecule has 18 heavy (non-hydrogen) atoms. The molecule has 0 atom stereocenters. The standard InChI is InChI=1S/C16H15NO/c1-12-7-9-14(10-8-12)15(16(17)18)11-13-5-3-2-4-6-13/h2-11H,1H3,(H2,17,18). The molecule has 90 valence electrons. The van der Waals surface area contributed by atoms with E-state index >= 15 is 0 Å². The van der Waals surface area contributed by atoms with Gasteiger partial charge in [-0.15, -0.1) is 0 Å². The second-order valence-corrected chi connectivity index (χ2v) is 4.20. The maximum Gasteiger partial charge on any atom is 0.249 e. The van der Waals surface area contributed by atoms with Crippen LogP contribution < -0.4 is 5.73 Å². The van der Waals surface area contributed by atoms with Gasteiger partial charge in [-0.1, -0.05) is 60.2 Å². The second-order valence-electron chi connectivity index (χ2n) is 4.20. The molecule has 0 radical (unpaired) electrons. The van der Waals surface area contributed by atoms with Crippen LogP contribution in [0.4, 0.5) is 0 Å². The summed E-state index contributed by atoms with van der Waals surface area (Å²) in [5, 5.41) is 0. The van der Waals surface area contributed by atoms with Crippen molar-refractivity contribution in [3.63, 3.8) is 0 Å². The third-order valence-electron chi connectivity index (χ3n) is 2.74. The molecule has 2 heteroatoms. The van der Waals surface area contributed by atoms with E-state index in [0.717, 1.165) is 16.7 Å². The Morgan fingerprint density at radius 3 is 2.17 bits per heavy atom. The minimum atomic E-state index is -0.414. The van der Waals surface area contributed by atoms with Gasteiger partial charge in [-0.2, -0.15) is 0 Å². The Balaban J connectivity index is 2.44. The van der Waals surface area contributed by atoms with Crippen LogP contribution in [-0.4, -0.2) is 5.91 Å². The smallest absolute Gasteiger partial charge is 0.249 e. The Hall–Kier alpha value is -2.35. The molecule has 2 rings (SSSR count). The van der Waals surface area contributed by atoms with Crippen LogP contribution in [0.3, 0.4) is 0 Å². The Bertz CT molecular complexity index is 568. The third kappa shape index (κ3) is 2.86. The maximum absolute atomic E-state index is 11.5. The van der Waals surface area contributed by atoms with Crippen LogP contribution in [0.2, 0.25) is 0 Å². The average Bonchev–Trinajstić information content (AvgIpc) is 2.38. The summed E-state index contributed by atoms with van der Waals surface area (Å²) < 4.78 is 0. The predicted octanol–water partition coefficient (Wildman–Crippen LogP) is 3.02. The molecule has 0 saturated carbocycles. The highest BCUT2D eigenvalue weighted by molar-refractivity contribution is 6.23. The van der Waals surface area contributed by atoms with Gasteiger partial charge in [-0.25, -0.2) is 0 Å². The highest BCUT2D eigenvalue weighted by atomic mass is 16.1. The zero-order valence-electron chi connectivity index (χ0n) is 10.3. The zero-order chi connectivity index (χ0) is 13.0. The molecule has 0 aliphatic rings. The lowest BCUT2D eigenvalue weighted by atomic mass is 10.0. The molecule has 1 amide bonds. The number of hydrogen-bond acceptors (Lipinski definition) is 1. The van der Waals surface area contributed by atoms with E-state index in [9.17, 15) is 4.79 Å². The van der Waals surface area contributed by atoms with E-state index in [2.05, 4.69) is 0 Å². The Kier molecular flexibility index (Phi) is 3.58. The monoisotopic (exact) mass is 237 g/mol. The van der Waals surface area contributed by atoms with Crippen molar-refractivity contribution >= 4 is 17.6 Å². The fraction of sp³-hybridized carbons (Fsp3) is 0.0625. The molecule has 2 nitrogen and oxygen atoms in total. The molecule has 0 fully saturated rings. The van der Waals surface area contributed by atoms with Gasteiger partial charge in [0, 0.05) is 5.57 Å². The first-order valence-corrected chi connectivity index (χ1v) is 5.80. The number of rotatable bonds is 3. The summed E-state index contributed by atoms with van der Waals surface area (Å²) in [6, 6.07) is 17.4. The molecular formula is C16H15NO. The fourth-order valence-electron chi connectivity index (χ4n) is 1.75. The van der Waals surface area contributed by atoms with Crippen LogP contribution in [0.1, 0.15) is 16.7 Å². The van der Waals surface area contributed by atoms with Crippen LogP contribution >= 0.6 is 0 Å². The summed E-state index contributed by atoms with van der Waals surface area (Å²) in [5.41, 5.74) is 8.94. The number of amides is 1. The third-order valence-corrected chi connectivity index (χ3v) is 2.74. The van der Waals surface area contributed by atoms with E-state index in [1.807, 2.05) is 67.6 Å². The van der Waals surface area contributed by atoms with Crippen molar-refractivity contribution in [2.75, 3.05) is 0 Å². The Morgan fingerprint density at radius 1 is 1.00 bits per heavy atom. The average molecular weight is 237 g/mol. The van der Waals surface area contributed by atoms with Crippen LogP contribution in [-0.2, 0) is 4.79 Å². The van der Waals surface area contributed by atoms with Crippen LogP contribution in [0.25, 0.3) is 11.6 Å². The molecular weight excluding hydrogens is 222 g/mol. The number of carbonyl (C=O) groups is 1. The summed E-state index contributed by atoms with van der Waals surface area (Å²) in [6.07, 6.45) is 1.81. The van der Waals surface area contributed by atoms with Gasteiger partial charge in [0.05, 0.1) is 0 Å². The van der Waals surface area contributed by atoms with E-state index < -0.39 is 5.91 Å². The topological polar surface area (TPSA) is 43.1 Å². The van der Waals surface area contributed by atoms with E-state index in [-0.39, 0.29) is 0 Å². The first-order chi connectivity index (χ1) is 8.66. The van der Waals surface area contributed by atoms with E-state index in [0.29, 0.717) is 5.57 Å². The molecule has 0 aliphatic heterocycles. The number of carbonyl (C=O) groups excluding carboxylic acids is 1. The Labute approximate surface area is 107 Å². The lowest BCUT2D eigenvalue weighted by molar-refractivity contribution is -0.112. The van der Waals surface area contributed by atoms with Gasteiger partial charge in [0.1, 0.15) is 0 Å². The van der Waals surface area contributed by atoms with E-state index in [4.69, 9.17) is 5.73 Å². The lowest BCUT2D eigenvalue weighted by Gasteiger charge is -2.04. The molecule has 2 aromatic rings.